The molecule has 2 aromatic heterocycles. The summed E-state index contributed by atoms with van der Waals surface area (Å²) < 4.78 is 53.2. The van der Waals surface area contributed by atoms with E-state index in [9.17, 15) is 14.5 Å². The summed E-state index contributed by atoms with van der Waals surface area (Å²) in [5.41, 5.74) is 9.68. The molecule has 2 saturated heterocycles. The number of anilines is 2. The Labute approximate surface area is 240 Å². The van der Waals surface area contributed by atoms with Gasteiger partial charge in [-0.1, -0.05) is 18.1 Å². The molecule has 5 unspecified atom stereocenters. The van der Waals surface area contributed by atoms with Crippen molar-refractivity contribution in [2.24, 2.45) is 5.73 Å². The Morgan fingerprint density at radius 2 is 2.05 bits per heavy atom. The number of aromatic nitrogens is 4. The lowest BCUT2D eigenvalue weighted by atomic mass is 9.97. The fraction of sp³-hybridized carbons (Fsp3) is 0.462. The van der Waals surface area contributed by atoms with Crippen LogP contribution in [-0.2, 0) is 18.8 Å². The first-order chi connectivity index (χ1) is 19.7. The fourth-order valence-corrected chi connectivity index (χ4v) is 6.67. The van der Waals surface area contributed by atoms with Crippen LogP contribution in [0.25, 0.3) is 11.2 Å². The molecular formula is C26H31FN7O7P. The molecule has 0 spiro atoms. The molecule has 1 aromatic carbocycles. The van der Waals surface area contributed by atoms with Crippen LogP contribution in [0.1, 0.15) is 20.1 Å². The molecule has 6 atom stereocenters. The predicted octanol–water partition coefficient (Wildman–Crippen LogP) is 1.43. The topological polar surface area (TPSA) is 190 Å². The minimum absolute atomic E-state index is 0.0296. The largest absolute Gasteiger partial charge is 0.487 e. The maximum absolute atomic E-state index is 16.2. The number of rotatable bonds is 9. The van der Waals surface area contributed by atoms with Gasteiger partial charge >= 0.3 is 5.97 Å². The zero-order valence-electron chi connectivity index (χ0n) is 23.3. The first kappa shape index (κ1) is 29.5. The van der Waals surface area contributed by atoms with E-state index >= 15 is 4.39 Å². The van der Waals surface area contributed by atoms with Crippen molar-refractivity contribution in [1.29, 1.82) is 0 Å². The number of halogens is 1. The number of alkyl halides is 1. The first-order valence-corrected chi connectivity index (χ1v) is 14.7. The van der Waals surface area contributed by atoms with Gasteiger partial charge < -0.3 is 40.2 Å². The fourth-order valence-electron chi connectivity index (χ4n) is 4.60. The molecule has 4 heterocycles. The summed E-state index contributed by atoms with van der Waals surface area (Å²) in [6, 6.07) is 6.20. The third-order valence-electron chi connectivity index (χ3n) is 6.91. The number of nitrogen functional groups attached to an aromatic ring is 1. The number of carbonyl (C=O) groups is 1. The van der Waals surface area contributed by atoms with Gasteiger partial charge in [-0.2, -0.15) is 9.97 Å². The lowest BCUT2D eigenvalue weighted by Gasteiger charge is -2.23. The van der Waals surface area contributed by atoms with Crippen LogP contribution >= 0.6 is 7.37 Å². The quantitative estimate of drug-likeness (QED) is 0.181. The summed E-state index contributed by atoms with van der Waals surface area (Å²) in [6.45, 7) is 2.91. The molecule has 0 aliphatic carbocycles. The van der Waals surface area contributed by atoms with E-state index in [2.05, 4.69) is 15.0 Å². The molecule has 2 fully saturated rings. The van der Waals surface area contributed by atoms with Crippen molar-refractivity contribution in [2.45, 2.75) is 49.3 Å². The number of benzene rings is 1. The van der Waals surface area contributed by atoms with Gasteiger partial charge in [-0.25, -0.2) is 14.2 Å². The van der Waals surface area contributed by atoms with Crippen molar-refractivity contribution >= 4 is 36.3 Å². The minimum Gasteiger partial charge on any atom is -0.487 e. The number of aliphatic hydroxyl groups is 1. The number of fused-ring (bicyclic) bond motifs is 1. The van der Waals surface area contributed by atoms with Crippen LogP contribution in [0.2, 0.25) is 0 Å². The van der Waals surface area contributed by atoms with Crippen LogP contribution in [0, 0.1) is 12.3 Å². The lowest BCUT2D eigenvalue weighted by Crippen LogP contribution is -2.42. The van der Waals surface area contributed by atoms with E-state index in [1.165, 1.54) is 23.0 Å². The number of nitrogens with two attached hydrogens (primary N) is 2. The third-order valence-corrected chi connectivity index (χ3v) is 9.49. The Kier molecular flexibility index (Phi) is 7.31. The van der Waals surface area contributed by atoms with Crippen LogP contribution < -0.4 is 25.6 Å². The van der Waals surface area contributed by atoms with Gasteiger partial charge in [0.15, 0.2) is 34.7 Å². The third kappa shape index (κ3) is 4.80. The molecule has 5 N–H and O–H groups in total. The molecule has 0 bridgehead atoms. The zero-order valence-corrected chi connectivity index (χ0v) is 24.2. The number of terminal acetylenes is 1. The molecule has 3 aromatic rings. The normalized spacial score (nSPS) is 30.2. The molecule has 2 aliphatic heterocycles. The highest BCUT2D eigenvalue weighted by Gasteiger charge is 2.73. The van der Waals surface area contributed by atoms with Crippen LogP contribution in [-0.4, -0.2) is 86.7 Å². The van der Waals surface area contributed by atoms with E-state index in [0.717, 1.165) is 0 Å². The number of esters is 1. The van der Waals surface area contributed by atoms with Gasteiger partial charge in [0.1, 0.15) is 18.8 Å². The van der Waals surface area contributed by atoms with Crippen LogP contribution in [0.3, 0.4) is 0 Å². The second-order valence-corrected chi connectivity index (χ2v) is 13.2. The van der Waals surface area contributed by atoms with Gasteiger partial charge in [-0.15, -0.1) is 6.42 Å². The van der Waals surface area contributed by atoms with Gasteiger partial charge in [-0.05, 0) is 26.0 Å². The minimum atomic E-state index is -3.65. The highest BCUT2D eigenvalue weighted by Crippen LogP contribution is 2.73. The maximum atomic E-state index is 16.2. The Balaban J connectivity index is 1.36. The van der Waals surface area contributed by atoms with Crippen LogP contribution in [0.5, 0.6) is 11.5 Å². The molecule has 0 saturated carbocycles. The molecule has 2 aliphatic rings. The molecule has 14 nitrogen and oxygen atoms in total. The standard InChI is InChI=1S/C26H31FN7O7P/c1-6-25(27)19(35)17(40-22(25)34-13-30-18-20(33(4)5)31-24(28)32-21(18)34)11-38-15-9-7-8-10-16(15)41-42(37)12-26(42,29)23(36)39-14(2)3/h1,7-10,13-14,17,19,22,35H,11-12,29H2,2-5H3,(H2,28,31,32)/t17?,19?,22?,25?,26-,42?/m1/s1. The molecule has 16 heteroatoms. The molecule has 5 rings (SSSR count). The van der Waals surface area contributed by atoms with E-state index in [4.69, 9.17) is 36.6 Å². The second-order valence-electron chi connectivity index (χ2n) is 10.6. The van der Waals surface area contributed by atoms with Crippen molar-refractivity contribution in [3.63, 3.8) is 0 Å². The first-order valence-electron chi connectivity index (χ1n) is 12.9. The molecule has 224 valence electrons. The number of hydrogen-bond donors (Lipinski definition) is 3. The smallest absolute Gasteiger partial charge is 0.338 e. The Hall–Kier alpha value is -3.96. The average molecular weight is 604 g/mol. The van der Waals surface area contributed by atoms with E-state index in [0.29, 0.717) is 11.3 Å². The number of nitrogens with zero attached hydrogens (tertiary/aromatic N) is 5. The number of imidazole rings is 1. The maximum Gasteiger partial charge on any atom is 0.338 e. The number of aliphatic hydroxyl groups excluding tert-OH is 1. The SMILES string of the molecule is C#CC1(F)C(O)C(COc2ccccc2OP2(=O)C[C@]2(N)C(=O)OC(C)C)OC1n1cnc2c(N(C)C)nc(N)nc21. The van der Waals surface area contributed by atoms with Crippen LogP contribution in [0.15, 0.2) is 30.6 Å². The Morgan fingerprint density at radius 1 is 1.36 bits per heavy atom. The van der Waals surface area contributed by atoms with E-state index < -0.39 is 48.8 Å². The van der Waals surface area contributed by atoms with Gasteiger partial charge in [0.2, 0.25) is 16.9 Å². The van der Waals surface area contributed by atoms with Gasteiger partial charge in [0, 0.05) is 14.1 Å². The highest BCUT2D eigenvalue weighted by atomic mass is 31.2. The molecule has 0 radical (unpaired) electrons. The summed E-state index contributed by atoms with van der Waals surface area (Å²) in [6.07, 6.45) is 1.54. The van der Waals surface area contributed by atoms with Gasteiger partial charge in [0.05, 0.1) is 18.6 Å². The van der Waals surface area contributed by atoms with Crippen molar-refractivity contribution in [3.05, 3.63) is 30.6 Å². The van der Waals surface area contributed by atoms with Crippen molar-refractivity contribution < 1.29 is 37.6 Å². The highest BCUT2D eigenvalue weighted by molar-refractivity contribution is 7.70. The monoisotopic (exact) mass is 603 g/mol. The van der Waals surface area contributed by atoms with E-state index in [-0.39, 0.29) is 35.9 Å². The second kappa shape index (κ2) is 10.4. The van der Waals surface area contributed by atoms with Crippen molar-refractivity contribution in [3.8, 4) is 23.8 Å². The Morgan fingerprint density at radius 3 is 2.69 bits per heavy atom. The number of carbonyl (C=O) groups excluding carboxylic acids is 1. The summed E-state index contributed by atoms with van der Waals surface area (Å²) >= 11 is 0. The summed E-state index contributed by atoms with van der Waals surface area (Å²) in [7, 11) is -0.182. The van der Waals surface area contributed by atoms with Crippen molar-refractivity contribution in [2.75, 3.05) is 37.5 Å². The summed E-state index contributed by atoms with van der Waals surface area (Å²) in [4.78, 5) is 26.7. The van der Waals surface area contributed by atoms with E-state index in [1.807, 2.05) is 5.92 Å². The average Bonchev–Trinajstić information content (AvgIpc) is 3.17. The summed E-state index contributed by atoms with van der Waals surface area (Å²) in [5.74, 6) is 1.62. The summed E-state index contributed by atoms with van der Waals surface area (Å²) in [5, 5.41) is 9.16. The number of para-hydroxylation sites is 2. The Bertz CT molecular complexity index is 1630. The number of hydrogen-bond acceptors (Lipinski definition) is 13. The molecule has 0 amide bonds. The van der Waals surface area contributed by atoms with Crippen molar-refractivity contribution in [1.82, 2.24) is 19.5 Å². The molecule has 42 heavy (non-hydrogen) atoms. The van der Waals surface area contributed by atoms with Crippen LogP contribution in [0.4, 0.5) is 16.2 Å². The molecular weight excluding hydrogens is 572 g/mol. The van der Waals surface area contributed by atoms with Gasteiger partial charge in [-0.3, -0.25) is 9.13 Å². The number of ether oxygens (including phenoxy) is 3. The van der Waals surface area contributed by atoms with E-state index in [1.54, 1.807) is 45.0 Å². The van der Waals surface area contributed by atoms with Gasteiger partial charge in [0.25, 0.3) is 7.37 Å². The predicted molar refractivity (Wildman–Crippen MR) is 150 cm³/mol. The zero-order chi connectivity index (χ0) is 30.6. The lowest BCUT2D eigenvalue weighted by molar-refractivity contribution is -0.148.